The van der Waals surface area contributed by atoms with Crippen molar-refractivity contribution in [2.24, 2.45) is 5.92 Å². The summed E-state index contributed by atoms with van der Waals surface area (Å²) < 4.78 is 0. The lowest BCUT2D eigenvalue weighted by Gasteiger charge is -2.13. The summed E-state index contributed by atoms with van der Waals surface area (Å²) in [5, 5.41) is 30.2. The molecule has 1 aromatic carbocycles. The molecule has 1 amide bonds. The molecule has 0 saturated heterocycles. The van der Waals surface area contributed by atoms with Gasteiger partial charge in [0, 0.05) is 12.5 Å². The molecule has 0 aliphatic rings. The molecule has 5 nitrogen and oxygen atoms in total. The molecule has 0 fully saturated rings. The highest BCUT2D eigenvalue weighted by Gasteiger charge is 2.14. The smallest absolute Gasteiger partial charge is 0.223 e. The monoisotopic (exact) mass is 253 g/mol. The van der Waals surface area contributed by atoms with Gasteiger partial charge in [0.05, 0.1) is 6.10 Å². The Hall–Kier alpha value is -1.75. The number of aliphatic hydroxyl groups is 1. The Labute approximate surface area is 106 Å². The first kappa shape index (κ1) is 14.3. The van der Waals surface area contributed by atoms with Crippen molar-refractivity contribution in [1.29, 1.82) is 0 Å². The SMILES string of the molecule is CC(O)CNC(=O)C(C)Cc1ccc(O)c(O)c1. The van der Waals surface area contributed by atoms with Gasteiger partial charge in [0.2, 0.25) is 5.91 Å². The summed E-state index contributed by atoms with van der Waals surface area (Å²) in [6, 6.07) is 4.49. The largest absolute Gasteiger partial charge is 0.504 e. The van der Waals surface area contributed by atoms with E-state index in [0.29, 0.717) is 6.42 Å². The molecule has 1 aromatic rings. The molecule has 0 aromatic heterocycles. The van der Waals surface area contributed by atoms with Crippen LogP contribution in [0.2, 0.25) is 0 Å². The molecule has 0 spiro atoms. The maximum Gasteiger partial charge on any atom is 0.223 e. The van der Waals surface area contributed by atoms with E-state index >= 15 is 0 Å². The second kappa shape index (κ2) is 6.26. The van der Waals surface area contributed by atoms with E-state index in [4.69, 9.17) is 5.11 Å². The highest BCUT2D eigenvalue weighted by atomic mass is 16.3. The van der Waals surface area contributed by atoms with E-state index in [9.17, 15) is 15.0 Å². The molecule has 5 heteroatoms. The van der Waals surface area contributed by atoms with Crippen molar-refractivity contribution in [3.63, 3.8) is 0 Å². The van der Waals surface area contributed by atoms with Crippen LogP contribution in [0, 0.1) is 5.92 Å². The number of aliphatic hydroxyl groups excluding tert-OH is 1. The Morgan fingerprint density at radius 2 is 1.94 bits per heavy atom. The molecule has 0 bridgehead atoms. The van der Waals surface area contributed by atoms with Gasteiger partial charge in [0.15, 0.2) is 11.5 Å². The van der Waals surface area contributed by atoms with Crippen LogP contribution in [0.5, 0.6) is 11.5 Å². The third-order valence-electron chi connectivity index (χ3n) is 2.60. The van der Waals surface area contributed by atoms with Crippen molar-refractivity contribution in [3.05, 3.63) is 23.8 Å². The normalized spacial score (nSPS) is 13.9. The molecule has 0 saturated carbocycles. The number of rotatable bonds is 5. The van der Waals surface area contributed by atoms with Crippen LogP contribution in [-0.4, -0.2) is 33.9 Å². The van der Waals surface area contributed by atoms with E-state index in [1.807, 2.05) is 0 Å². The molecule has 2 unspecified atom stereocenters. The summed E-state index contributed by atoms with van der Waals surface area (Å²) >= 11 is 0. The summed E-state index contributed by atoms with van der Waals surface area (Å²) in [5.41, 5.74) is 0.769. The summed E-state index contributed by atoms with van der Waals surface area (Å²) in [5.74, 6) is -0.787. The van der Waals surface area contributed by atoms with Crippen LogP contribution < -0.4 is 5.32 Å². The van der Waals surface area contributed by atoms with Gasteiger partial charge >= 0.3 is 0 Å². The Morgan fingerprint density at radius 3 is 2.50 bits per heavy atom. The number of benzene rings is 1. The second-order valence-electron chi connectivity index (χ2n) is 4.52. The molecule has 100 valence electrons. The van der Waals surface area contributed by atoms with E-state index in [1.54, 1.807) is 19.9 Å². The zero-order chi connectivity index (χ0) is 13.7. The number of carbonyl (C=O) groups excluding carboxylic acids is 1. The van der Waals surface area contributed by atoms with Crippen molar-refractivity contribution in [1.82, 2.24) is 5.32 Å². The van der Waals surface area contributed by atoms with Crippen molar-refractivity contribution < 1.29 is 20.1 Å². The van der Waals surface area contributed by atoms with Crippen LogP contribution in [0.3, 0.4) is 0 Å². The van der Waals surface area contributed by atoms with Gasteiger partial charge < -0.3 is 20.6 Å². The number of phenols is 2. The van der Waals surface area contributed by atoms with Crippen molar-refractivity contribution in [3.8, 4) is 11.5 Å². The molecule has 2 atom stereocenters. The average Bonchev–Trinajstić information content (AvgIpc) is 2.30. The quantitative estimate of drug-likeness (QED) is 0.584. The number of hydrogen-bond acceptors (Lipinski definition) is 4. The average molecular weight is 253 g/mol. The highest BCUT2D eigenvalue weighted by molar-refractivity contribution is 5.78. The Morgan fingerprint density at radius 1 is 1.28 bits per heavy atom. The van der Waals surface area contributed by atoms with Gasteiger partial charge in [-0.2, -0.15) is 0 Å². The van der Waals surface area contributed by atoms with Crippen LogP contribution in [0.4, 0.5) is 0 Å². The fraction of sp³-hybridized carbons (Fsp3) is 0.462. The molecule has 0 radical (unpaired) electrons. The Kier molecular flexibility index (Phi) is 4.97. The first-order chi connectivity index (χ1) is 8.40. The fourth-order valence-electron chi connectivity index (χ4n) is 1.56. The summed E-state index contributed by atoms with van der Waals surface area (Å²) in [4.78, 5) is 11.7. The van der Waals surface area contributed by atoms with Gasteiger partial charge in [-0.25, -0.2) is 0 Å². The predicted octanol–water partition coefficient (Wildman–Crippen LogP) is 0.773. The minimum Gasteiger partial charge on any atom is -0.504 e. The molecule has 0 heterocycles. The lowest BCUT2D eigenvalue weighted by molar-refractivity contribution is -0.124. The van der Waals surface area contributed by atoms with E-state index in [1.165, 1.54) is 12.1 Å². The lowest BCUT2D eigenvalue weighted by Crippen LogP contribution is -2.35. The third-order valence-corrected chi connectivity index (χ3v) is 2.60. The van der Waals surface area contributed by atoms with E-state index in [0.717, 1.165) is 5.56 Å². The number of nitrogens with one attached hydrogen (secondary N) is 1. The van der Waals surface area contributed by atoms with Gasteiger partial charge in [0.25, 0.3) is 0 Å². The molecule has 0 aliphatic heterocycles. The molecular weight excluding hydrogens is 234 g/mol. The van der Waals surface area contributed by atoms with Crippen molar-refractivity contribution >= 4 is 5.91 Å². The van der Waals surface area contributed by atoms with Crippen LogP contribution in [0.25, 0.3) is 0 Å². The number of amides is 1. The van der Waals surface area contributed by atoms with Crippen LogP contribution in [0.15, 0.2) is 18.2 Å². The summed E-state index contributed by atoms with van der Waals surface area (Å²) in [7, 11) is 0. The number of carbonyl (C=O) groups is 1. The van der Waals surface area contributed by atoms with Crippen LogP contribution in [-0.2, 0) is 11.2 Å². The number of aromatic hydroxyl groups is 2. The van der Waals surface area contributed by atoms with E-state index < -0.39 is 6.10 Å². The van der Waals surface area contributed by atoms with Gasteiger partial charge in [-0.15, -0.1) is 0 Å². The first-order valence-electron chi connectivity index (χ1n) is 5.86. The lowest BCUT2D eigenvalue weighted by atomic mass is 10.00. The van der Waals surface area contributed by atoms with Crippen LogP contribution >= 0.6 is 0 Å². The number of hydrogen-bond donors (Lipinski definition) is 4. The zero-order valence-corrected chi connectivity index (χ0v) is 10.6. The highest BCUT2D eigenvalue weighted by Crippen LogP contribution is 2.25. The molecule has 4 N–H and O–H groups in total. The maximum absolute atomic E-state index is 11.7. The Balaban J connectivity index is 2.55. The van der Waals surface area contributed by atoms with E-state index in [2.05, 4.69) is 5.32 Å². The van der Waals surface area contributed by atoms with Crippen molar-refractivity contribution in [2.75, 3.05) is 6.54 Å². The molecule has 0 aliphatic carbocycles. The Bertz CT molecular complexity index is 417. The first-order valence-corrected chi connectivity index (χ1v) is 5.86. The van der Waals surface area contributed by atoms with Gasteiger partial charge in [-0.1, -0.05) is 13.0 Å². The molecular formula is C13H19NO4. The van der Waals surface area contributed by atoms with Gasteiger partial charge in [0.1, 0.15) is 0 Å². The topological polar surface area (TPSA) is 89.8 Å². The standard InChI is InChI=1S/C13H19NO4/c1-8(13(18)14-7-9(2)15)5-10-3-4-11(16)12(17)6-10/h3-4,6,8-9,15-17H,5,7H2,1-2H3,(H,14,18). The minimum atomic E-state index is -0.570. The zero-order valence-electron chi connectivity index (χ0n) is 10.6. The molecule has 1 rings (SSSR count). The maximum atomic E-state index is 11.7. The summed E-state index contributed by atoms with van der Waals surface area (Å²) in [6.07, 6.45) is -0.113. The van der Waals surface area contributed by atoms with Crippen molar-refractivity contribution in [2.45, 2.75) is 26.4 Å². The minimum absolute atomic E-state index is 0.150. The molecule has 18 heavy (non-hydrogen) atoms. The van der Waals surface area contributed by atoms with Crippen LogP contribution in [0.1, 0.15) is 19.4 Å². The van der Waals surface area contributed by atoms with Gasteiger partial charge in [-0.3, -0.25) is 4.79 Å². The van der Waals surface area contributed by atoms with E-state index in [-0.39, 0.29) is 29.9 Å². The number of phenolic OH excluding ortho intramolecular Hbond substituents is 2. The van der Waals surface area contributed by atoms with Gasteiger partial charge in [-0.05, 0) is 31.0 Å². The third kappa shape index (κ3) is 4.25. The second-order valence-corrected chi connectivity index (χ2v) is 4.52. The predicted molar refractivity (Wildman–Crippen MR) is 67.3 cm³/mol. The fourth-order valence-corrected chi connectivity index (χ4v) is 1.56. The summed E-state index contributed by atoms with van der Waals surface area (Å²) in [6.45, 7) is 3.59.